The molecule has 0 spiro atoms. The minimum absolute atomic E-state index is 0.0310. The number of ether oxygens (including phenoxy) is 2. The van der Waals surface area contributed by atoms with E-state index in [9.17, 15) is 19.0 Å². The average molecular weight is 919 g/mol. The van der Waals surface area contributed by atoms with Gasteiger partial charge in [0.1, 0.15) is 19.8 Å². The zero-order valence-corrected chi connectivity index (χ0v) is 42.6. The zero-order chi connectivity index (χ0) is 47.1. The molecule has 1 N–H and O–H groups in total. The Balaban J connectivity index is 3.88. The summed E-state index contributed by atoms with van der Waals surface area (Å²) in [6.45, 7) is 4.21. The van der Waals surface area contributed by atoms with Gasteiger partial charge in [0.05, 0.1) is 27.7 Å². The quantitative estimate of drug-likeness (QED) is 0.0211. The molecule has 0 aliphatic carbocycles. The Morgan fingerprint density at radius 2 is 0.891 bits per heavy atom. The second-order valence-electron chi connectivity index (χ2n) is 18.2. The van der Waals surface area contributed by atoms with Crippen LogP contribution in [-0.4, -0.2) is 74.9 Å². The van der Waals surface area contributed by atoms with Gasteiger partial charge in [-0.05, 0) is 64.2 Å². The van der Waals surface area contributed by atoms with Crippen LogP contribution in [0, 0.1) is 0 Å². The molecular formula is C54H97NO8P+. The van der Waals surface area contributed by atoms with Crippen LogP contribution >= 0.6 is 7.82 Å². The van der Waals surface area contributed by atoms with Crippen molar-refractivity contribution in [2.75, 3.05) is 47.5 Å². The molecule has 0 aromatic rings. The van der Waals surface area contributed by atoms with Crippen LogP contribution in [0.1, 0.15) is 206 Å². The number of hydrogen-bond donors (Lipinski definition) is 1. The third-order valence-corrected chi connectivity index (χ3v) is 11.7. The number of rotatable bonds is 46. The first-order valence-corrected chi connectivity index (χ1v) is 27.2. The van der Waals surface area contributed by atoms with Crippen LogP contribution in [-0.2, 0) is 32.7 Å². The highest BCUT2D eigenvalue weighted by molar-refractivity contribution is 7.47. The molecule has 0 aromatic heterocycles. The summed E-state index contributed by atoms with van der Waals surface area (Å²) in [5.74, 6) is -0.811. The standard InChI is InChI=1S/C54H96NO8P/c1-6-8-10-12-13-14-15-16-17-18-19-20-21-22-23-24-25-26-27-28-29-30-31-32-33-34-35-36-37-38-39-40-41-43-45-47-54(57)63-52(50-60-53(56)46-44-42-11-9-7-2)51-62-64(58,59)61-49-48-55(3,4)5/h8,10,13-14,16-17,19-20,22-23,25-26,52H,6-7,9,11-12,15,18,21,24,27-51H2,1-5H3/p+1/b10-8-,14-13-,17-16-,20-19-,23-22-,26-25-. The lowest BCUT2D eigenvalue weighted by Gasteiger charge is -2.24. The van der Waals surface area contributed by atoms with Crippen molar-refractivity contribution in [1.82, 2.24) is 0 Å². The monoisotopic (exact) mass is 919 g/mol. The number of hydrogen-bond acceptors (Lipinski definition) is 7. The van der Waals surface area contributed by atoms with Crippen molar-refractivity contribution >= 4 is 19.8 Å². The number of esters is 2. The number of unbranched alkanes of at least 4 members (excludes halogenated alkanes) is 20. The maximum atomic E-state index is 12.7. The molecule has 2 atom stereocenters. The fourth-order valence-corrected chi connectivity index (χ4v) is 7.52. The second kappa shape index (κ2) is 45.6. The van der Waals surface area contributed by atoms with E-state index in [4.69, 9.17) is 18.5 Å². The summed E-state index contributed by atoms with van der Waals surface area (Å²) < 4.78 is 34.1. The molecule has 64 heavy (non-hydrogen) atoms. The lowest BCUT2D eigenvalue weighted by Crippen LogP contribution is -2.37. The molecule has 9 nitrogen and oxygen atoms in total. The SMILES string of the molecule is CC/C=C\C/C=C\C/C=C\C/C=C\C/C=C\C/C=C\CCCCCCCCCCCCCCCCCCC(=O)OC(COC(=O)CCCCCCC)COP(=O)(O)OCC[N+](C)(C)C. The number of carbonyl (C=O) groups excluding carboxylic acids is 2. The van der Waals surface area contributed by atoms with Crippen LogP contribution in [0.3, 0.4) is 0 Å². The van der Waals surface area contributed by atoms with Crippen LogP contribution in [0.2, 0.25) is 0 Å². The van der Waals surface area contributed by atoms with Gasteiger partial charge in [-0.1, -0.05) is 202 Å². The van der Waals surface area contributed by atoms with Gasteiger partial charge < -0.3 is 18.9 Å². The smallest absolute Gasteiger partial charge is 0.462 e. The van der Waals surface area contributed by atoms with Crippen molar-refractivity contribution in [2.24, 2.45) is 0 Å². The first kappa shape index (κ1) is 61.5. The Bertz CT molecular complexity index is 1310. The summed E-state index contributed by atoms with van der Waals surface area (Å²) >= 11 is 0. The van der Waals surface area contributed by atoms with E-state index in [1.54, 1.807) is 0 Å². The summed E-state index contributed by atoms with van der Waals surface area (Å²) in [7, 11) is 1.47. The number of allylic oxidation sites excluding steroid dienone is 12. The average Bonchev–Trinajstić information content (AvgIpc) is 3.25. The van der Waals surface area contributed by atoms with Crippen LogP contribution in [0.4, 0.5) is 0 Å². The van der Waals surface area contributed by atoms with Gasteiger partial charge in [0, 0.05) is 12.8 Å². The van der Waals surface area contributed by atoms with Crippen molar-refractivity contribution < 1.29 is 42.1 Å². The molecule has 0 aliphatic rings. The first-order valence-electron chi connectivity index (χ1n) is 25.7. The summed E-state index contributed by atoms with van der Waals surface area (Å²) in [4.78, 5) is 35.1. The summed E-state index contributed by atoms with van der Waals surface area (Å²) in [6, 6.07) is 0. The maximum Gasteiger partial charge on any atom is 0.472 e. The van der Waals surface area contributed by atoms with Crippen molar-refractivity contribution in [1.29, 1.82) is 0 Å². The number of carbonyl (C=O) groups is 2. The van der Waals surface area contributed by atoms with Crippen LogP contribution < -0.4 is 0 Å². The minimum atomic E-state index is -4.37. The van der Waals surface area contributed by atoms with Gasteiger partial charge in [-0.25, -0.2) is 4.57 Å². The van der Waals surface area contributed by atoms with Crippen molar-refractivity contribution in [3.05, 3.63) is 72.9 Å². The predicted octanol–water partition coefficient (Wildman–Crippen LogP) is 15.4. The minimum Gasteiger partial charge on any atom is -0.462 e. The summed E-state index contributed by atoms with van der Waals surface area (Å²) in [5.41, 5.74) is 0. The molecule has 0 amide bonds. The van der Waals surface area contributed by atoms with Crippen molar-refractivity contribution in [2.45, 2.75) is 213 Å². The van der Waals surface area contributed by atoms with Gasteiger partial charge in [-0.15, -0.1) is 0 Å². The maximum absolute atomic E-state index is 12.7. The van der Waals surface area contributed by atoms with Crippen molar-refractivity contribution in [3.8, 4) is 0 Å². The number of phosphoric ester groups is 1. The third kappa shape index (κ3) is 48.9. The third-order valence-electron chi connectivity index (χ3n) is 10.8. The van der Waals surface area contributed by atoms with E-state index in [0.717, 1.165) is 83.5 Å². The molecule has 0 rings (SSSR count). The molecule has 0 saturated heterocycles. The Kier molecular flexibility index (Phi) is 43.8. The molecule has 10 heteroatoms. The molecule has 0 fully saturated rings. The molecule has 0 bridgehead atoms. The van der Waals surface area contributed by atoms with E-state index in [2.05, 4.69) is 86.8 Å². The fraction of sp³-hybridized carbons (Fsp3) is 0.741. The lowest BCUT2D eigenvalue weighted by molar-refractivity contribution is -0.870. The van der Waals surface area contributed by atoms with Crippen LogP contribution in [0.25, 0.3) is 0 Å². The van der Waals surface area contributed by atoms with E-state index < -0.39 is 26.5 Å². The number of likely N-dealkylation sites (N-methyl/N-ethyl adjacent to an activating group) is 1. The summed E-state index contributed by atoms with van der Waals surface area (Å²) in [5, 5.41) is 0. The second-order valence-corrected chi connectivity index (χ2v) is 19.6. The van der Waals surface area contributed by atoms with Gasteiger partial charge in [0.2, 0.25) is 0 Å². The van der Waals surface area contributed by atoms with E-state index in [1.807, 2.05) is 21.1 Å². The topological polar surface area (TPSA) is 108 Å². The Hall–Kier alpha value is -2.55. The first-order chi connectivity index (χ1) is 31.0. The van der Waals surface area contributed by atoms with E-state index in [0.29, 0.717) is 17.4 Å². The molecule has 2 unspecified atom stereocenters. The Morgan fingerprint density at radius 1 is 0.500 bits per heavy atom. The van der Waals surface area contributed by atoms with E-state index in [1.165, 1.54) is 89.9 Å². The molecule has 370 valence electrons. The molecule has 0 radical (unpaired) electrons. The number of phosphoric acid groups is 1. The largest absolute Gasteiger partial charge is 0.472 e. The van der Waals surface area contributed by atoms with E-state index >= 15 is 0 Å². The predicted molar refractivity (Wildman–Crippen MR) is 270 cm³/mol. The van der Waals surface area contributed by atoms with Gasteiger partial charge in [-0.3, -0.25) is 18.6 Å². The van der Waals surface area contributed by atoms with E-state index in [-0.39, 0.29) is 32.0 Å². The van der Waals surface area contributed by atoms with Crippen molar-refractivity contribution in [3.63, 3.8) is 0 Å². The molecule has 0 aromatic carbocycles. The van der Waals surface area contributed by atoms with Gasteiger partial charge in [0.15, 0.2) is 6.10 Å². The molecular weight excluding hydrogens is 822 g/mol. The highest BCUT2D eigenvalue weighted by atomic mass is 31.2. The Morgan fingerprint density at radius 3 is 1.33 bits per heavy atom. The Labute approximate surface area is 393 Å². The van der Waals surface area contributed by atoms with Crippen LogP contribution in [0.5, 0.6) is 0 Å². The highest BCUT2D eigenvalue weighted by Crippen LogP contribution is 2.43. The number of quaternary nitrogens is 1. The van der Waals surface area contributed by atoms with Crippen LogP contribution in [0.15, 0.2) is 72.9 Å². The zero-order valence-electron chi connectivity index (χ0n) is 41.7. The molecule has 0 heterocycles. The van der Waals surface area contributed by atoms with Gasteiger partial charge >= 0.3 is 19.8 Å². The highest BCUT2D eigenvalue weighted by Gasteiger charge is 2.27. The lowest BCUT2D eigenvalue weighted by atomic mass is 10.0. The normalized spacial score (nSPS) is 14.0. The molecule has 0 saturated carbocycles. The number of nitrogens with zero attached hydrogens (tertiary/aromatic N) is 1. The fourth-order valence-electron chi connectivity index (χ4n) is 6.78. The molecule has 0 aliphatic heterocycles. The van der Waals surface area contributed by atoms with Gasteiger partial charge in [-0.2, -0.15) is 0 Å². The van der Waals surface area contributed by atoms with Gasteiger partial charge in [0.25, 0.3) is 0 Å². The summed E-state index contributed by atoms with van der Waals surface area (Å²) in [6.07, 6.45) is 58.9.